The summed E-state index contributed by atoms with van der Waals surface area (Å²) in [7, 11) is 0. The number of aromatic nitrogens is 2. The number of halogens is 2. The number of fused-ring (bicyclic) bond motifs is 1. The van der Waals surface area contributed by atoms with Gasteiger partial charge in [-0.15, -0.1) is 11.3 Å². The molecule has 32 heavy (non-hydrogen) atoms. The van der Waals surface area contributed by atoms with Crippen LogP contribution in [0.2, 0.25) is 10.3 Å². The Morgan fingerprint density at radius 2 is 1.66 bits per heavy atom. The zero-order valence-corrected chi connectivity index (χ0v) is 19.7. The Morgan fingerprint density at radius 3 is 2.41 bits per heavy atom. The highest BCUT2D eigenvalue weighted by atomic mass is 35.5. The fraction of sp³-hybridized carbons (Fsp3) is 0.200. The van der Waals surface area contributed by atoms with Crippen molar-refractivity contribution in [3.8, 4) is 11.1 Å². The molecule has 0 saturated carbocycles. The molecular weight excluding hydrogens is 459 g/mol. The number of rotatable bonds is 5. The Labute approximate surface area is 201 Å². The molecule has 4 aromatic rings. The summed E-state index contributed by atoms with van der Waals surface area (Å²) in [5.74, 6) is 0.922. The van der Waals surface area contributed by atoms with Gasteiger partial charge >= 0.3 is 0 Å². The molecular formula is C25H22Cl2N4S. The van der Waals surface area contributed by atoms with Crippen molar-refractivity contribution in [2.45, 2.75) is 0 Å². The van der Waals surface area contributed by atoms with E-state index in [1.807, 2.05) is 30.3 Å². The van der Waals surface area contributed by atoms with E-state index in [-0.39, 0.29) is 0 Å². The lowest BCUT2D eigenvalue weighted by Gasteiger charge is -2.35. The van der Waals surface area contributed by atoms with Crippen molar-refractivity contribution in [2.24, 2.45) is 0 Å². The van der Waals surface area contributed by atoms with Crippen LogP contribution in [0.5, 0.6) is 0 Å². The monoisotopic (exact) mass is 480 g/mol. The van der Waals surface area contributed by atoms with Crippen LogP contribution in [0.1, 0.15) is 5.56 Å². The molecule has 1 aliphatic heterocycles. The van der Waals surface area contributed by atoms with Gasteiger partial charge in [-0.25, -0.2) is 4.98 Å². The summed E-state index contributed by atoms with van der Waals surface area (Å²) in [6.07, 6.45) is 4.42. The first kappa shape index (κ1) is 21.4. The first-order chi connectivity index (χ1) is 15.7. The summed E-state index contributed by atoms with van der Waals surface area (Å²) < 4.78 is 0. The molecule has 2 aromatic carbocycles. The number of benzene rings is 2. The SMILES string of the molecule is Clc1ccc(-c2csc3nc(Cl)nc(N4CCN(C/C=C/c5ccccc5)CC4)c23)cc1. The summed E-state index contributed by atoms with van der Waals surface area (Å²) in [5, 5.41) is 4.22. The summed E-state index contributed by atoms with van der Waals surface area (Å²) in [6, 6.07) is 18.3. The van der Waals surface area contributed by atoms with Crippen LogP contribution in [-0.4, -0.2) is 47.6 Å². The fourth-order valence-corrected chi connectivity index (χ4v) is 5.30. The predicted octanol–water partition coefficient (Wildman–Crippen LogP) is 6.50. The van der Waals surface area contributed by atoms with Crippen molar-refractivity contribution in [3.05, 3.63) is 81.9 Å². The van der Waals surface area contributed by atoms with E-state index < -0.39 is 0 Å². The Bertz CT molecular complexity index is 1230. The highest BCUT2D eigenvalue weighted by molar-refractivity contribution is 7.17. The lowest BCUT2D eigenvalue weighted by molar-refractivity contribution is 0.284. The molecule has 1 fully saturated rings. The largest absolute Gasteiger partial charge is 0.353 e. The number of thiophene rings is 1. The minimum atomic E-state index is 0.297. The normalized spacial score (nSPS) is 15.1. The smallest absolute Gasteiger partial charge is 0.225 e. The standard InChI is InChI=1S/C25H22Cl2N4S/c26-20-10-8-19(9-11-20)21-17-32-24-22(21)23(28-25(27)29-24)31-15-13-30(14-16-31)12-4-7-18-5-2-1-3-6-18/h1-11,17H,12-16H2/b7-4+. The van der Waals surface area contributed by atoms with Gasteiger partial charge < -0.3 is 4.90 Å². The number of anilines is 1. The van der Waals surface area contributed by atoms with Gasteiger partial charge in [-0.3, -0.25) is 4.90 Å². The van der Waals surface area contributed by atoms with Crippen LogP contribution in [0.15, 0.2) is 66.1 Å². The molecule has 162 valence electrons. The van der Waals surface area contributed by atoms with Crippen molar-refractivity contribution in [1.29, 1.82) is 0 Å². The maximum Gasteiger partial charge on any atom is 0.225 e. The first-order valence-electron chi connectivity index (χ1n) is 10.6. The molecule has 3 heterocycles. The van der Waals surface area contributed by atoms with Gasteiger partial charge in [-0.2, -0.15) is 4.98 Å². The molecule has 7 heteroatoms. The van der Waals surface area contributed by atoms with E-state index in [0.29, 0.717) is 5.28 Å². The average Bonchev–Trinajstić information content (AvgIpc) is 3.24. The third-order valence-electron chi connectivity index (χ3n) is 5.69. The third-order valence-corrected chi connectivity index (χ3v) is 6.98. The fourth-order valence-electron chi connectivity index (χ4n) is 4.01. The van der Waals surface area contributed by atoms with Crippen LogP contribution in [0.4, 0.5) is 5.82 Å². The molecule has 0 bridgehead atoms. The number of hydrogen-bond acceptors (Lipinski definition) is 5. The van der Waals surface area contributed by atoms with Crippen LogP contribution in [0.25, 0.3) is 27.4 Å². The molecule has 0 amide bonds. The van der Waals surface area contributed by atoms with Gasteiger partial charge in [0.15, 0.2) is 0 Å². The third kappa shape index (κ3) is 4.66. The molecule has 1 saturated heterocycles. The molecule has 0 aliphatic carbocycles. The molecule has 0 N–H and O–H groups in total. The molecule has 5 rings (SSSR count). The van der Waals surface area contributed by atoms with Crippen molar-refractivity contribution >= 4 is 56.6 Å². The molecule has 0 atom stereocenters. The van der Waals surface area contributed by atoms with Gasteiger partial charge in [0.2, 0.25) is 5.28 Å². The molecule has 2 aromatic heterocycles. The van der Waals surface area contributed by atoms with Gasteiger partial charge in [0, 0.05) is 48.7 Å². The van der Waals surface area contributed by atoms with E-state index in [1.165, 1.54) is 5.56 Å². The second-order valence-electron chi connectivity index (χ2n) is 7.75. The topological polar surface area (TPSA) is 32.3 Å². The Hall–Kier alpha value is -2.44. The van der Waals surface area contributed by atoms with Gasteiger partial charge in [-0.05, 0) is 34.9 Å². The van der Waals surface area contributed by atoms with Crippen LogP contribution in [-0.2, 0) is 0 Å². The maximum absolute atomic E-state index is 6.30. The van der Waals surface area contributed by atoms with E-state index in [0.717, 1.165) is 64.9 Å². The van der Waals surface area contributed by atoms with Gasteiger partial charge in [0.25, 0.3) is 0 Å². The van der Waals surface area contributed by atoms with Gasteiger partial charge in [0.05, 0.1) is 5.39 Å². The maximum atomic E-state index is 6.30. The zero-order valence-electron chi connectivity index (χ0n) is 17.4. The van der Waals surface area contributed by atoms with Crippen LogP contribution in [0.3, 0.4) is 0 Å². The van der Waals surface area contributed by atoms with Crippen LogP contribution in [0, 0.1) is 0 Å². The summed E-state index contributed by atoms with van der Waals surface area (Å²) in [6.45, 7) is 4.69. The zero-order chi connectivity index (χ0) is 21.9. The minimum absolute atomic E-state index is 0.297. The molecule has 1 aliphatic rings. The van der Waals surface area contributed by atoms with Crippen molar-refractivity contribution in [1.82, 2.24) is 14.9 Å². The van der Waals surface area contributed by atoms with Crippen molar-refractivity contribution in [2.75, 3.05) is 37.6 Å². The highest BCUT2D eigenvalue weighted by Crippen LogP contribution is 2.39. The van der Waals surface area contributed by atoms with Crippen molar-refractivity contribution < 1.29 is 0 Å². The molecule has 0 spiro atoms. The lowest BCUT2D eigenvalue weighted by Crippen LogP contribution is -2.46. The predicted molar refractivity (Wildman–Crippen MR) is 137 cm³/mol. The molecule has 0 radical (unpaired) electrons. The van der Waals surface area contributed by atoms with Gasteiger partial charge in [0.1, 0.15) is 10.6 Å². The van der Waals surface area contributed by atoms with E-state index in [1.54, 1.807) is 11.3 Å². The Balaban J connectivity index is 1.34. The summed E-state index contributed by atoms with van der Waals surface area (Å²) >= 11 is 14.0. The quantitative estimate of drug-likeness (QED) is 0.305. The summed E-state index contributed by atoms with van der Waals surface area (Å²) in [4.78, 5) is 14.8. The number of nitrogens with zero attached hydrogens (tertiary/aromatic N) is 4. The van der Waals surface area contributed by atoms with Gasteiger partial charge in [-0.1, -0.05) is 66.2 Å². The Kier molecular flexibility index (Phi) is 6.42. The van der Waals surface area contributed by atoms with Crippen LogP contribution >= 0.6 is 34.5 Å². The lowest BCUT2D eigenvalue weighted by atomic mass is 10.1. The second kappa shape index (κ2) is 9.59. The van der Waals surface area contributed by atoms with E-state index in [4.69, 9.17) is 23.2 Å². The van der Waals surface area contributed by atoms with Crippen molar-refractivity contribution in [3.63, 3.8) is 0 Å². The van der Waals surface area contributed by atoms with E-state index in [9.17, 15) is 0 Å². The summed E-state index contributed by atoms with van der Waals surface area (Å²) in [5.41, 5.74) is 3.47. The molecule has 0 unspecified atom stereocenters. The Morgan fingerprint density at radius 1 is 0.906 bits per heavy atom. The second-order valence-corrected chi connectivity index (χ2v) is 9.39. The van der Waals surface area contributed by atoms with Crippen LogP contribution < -0.4 is 4.90 Å². The number of piperazine rings is 1. The van der Waals surface area contributed by atoms with E-state index >= 15 is 0 Å². The minimum Gasteiger partial charge on any atom is -0.353 e. The average molecular weight is 481 g/mol. The number of hydrogen-bond donors (Lipinski definition) is 0. The highest BCUT2D eigenvalue weighted by Gasteiger charge is 2.23. The van der Waals surface area contributed by atoms with E-state index in [2.05, 4.69) is 61.6 Å². The molecule has 4 nitrogen and oxygen atoms in total. The first-order valence-corrected chi connectivity index (χ1v) is 12.2.